The maximum Gasteiger partial charge on any atom is 0.514 e. The van der Waals surface area contributed by atoms with Crippen LogP contribution >= 0.6 is 0 Å². The minimum Gasteiger partial charge on any atom is -0.421 e. The Kier molecular flexibility index (Phi) is 3.89. The molecular weight excluding hydrogens is 306 g/mol. The molecule has 0 spiro atoms. The largest absolute Gasteiger partial charge is 0.514 e. The molecule has 1 aromatic carbocycles. The average Bonchev–Trinajstić information content (AvgIpc) is 2.66. The van der Waals surface area contributed by atoms with Crippen LogP contribution in [0.5, 0.6) is 5.75 Å². The van der Waals surface area contributed by atoms with Crippen LogP contribution in [0.1, 0.15) is 6.42 Å². The van der Waals surface area contributed by atoms with Gasteiger partial charge in [-0.1, -0.05) is 0 Å². The van der Waals surface area contributed by atoms with Crippen LogP contribution in [0.15, 0.2) is 24.3 Å². The first-order valence-corrected chi connectivity index (χ1v) is 7.34. The van der Waals surface area contributed by atoms with Crippen LogP contribution < -0.4 is 4.74 Å². The van der Waals surface area contributed by atoms with E-state index in [-0.39, 0.29) is 23.6 Å². The van der Waals surface area contributed by atoms with E-state index < -0.39 is 32.1 Å². The SMILES string of the molecule is O=C(Oc1ccc([N+](=O)[O-])cc1)OC1CCS(=O)(=O)C1=O. The summed E-state index contributed by atoms with van der Waals surface area (Å²) in [5.41, 5.74) is -0.187. The number of hydrogen-bond donors (Lipinski definition) is 0. The summed E-state index contributed by atoms with van der Waals surface area (Å²) in [5.74, 6) is -0.402. The van der Waals surface area contributed by atoms with E-state index in [4.69, 9.17) is 4.74 Å². The molecule has 1 unspecified atom stereocenters. The molecule has 10 heteroatoms. The van der Waals surface area contributed by atoms with Crippen molar-refractivity contribution in [1.29, 1.82) is 0 Å². The van der Waals surface area contributed by atoms with Crippen molar-refractivity contribution in [3.8, 4) is 5.75 Å². The van der Waals surface area contributed by atoms with Crippen molar-refractivity contribution in [3.05, 3.63) is 34.4 Å². The van der Waals surface area contributed by atoms with Gasteiger partial charge in [-0.2, -0.15) is 0 Å². The zero-order chi connectivity index (χ0) is 15.6. The maximum absolute atomic E-state index is 11.4. The number of carbonyl (C=O) groups is 2. The van der Waals surface area contributed by atoms with Gasteiger partial charge < -0.3 is 9.47 Å². The number of sulfone groups is 1. The van der Waals surface area contributed by atoms with Gasteiger partial charge in [0.05, 0.1) is 10.7 Å². The van der Waals surface area contributed by atoms with Gasteiger partial charge in [0.2, 0.25) is 9.84 Å². The standard InChI is InChI=1S/C11H9NO8S/c13-10-9(5-6-21(10,17)18)20-11(14)19-8-3-1-7(2-4-8)12(15)16/h1-4,9H,5-6H2. The second-order valence-corrected chi connectivity index (χ2v) is 6.18. The first-order valence-electron chi connectivity index (χ1n) is 5.69. The molecule has 112 valence electrons. The van der Waals surface area contributed by atoms with E-state index in [0.29, 0.717) is 0 Å². The van der Waals surface area contributed by atoms with Crippen molar-refractivity contribution in [2.75, 3.05) is 5.75 Å². The predicted octanol–water partition coefficient (Wildman–Crippen LogP) is 0.824. The molecule has 1 atom stereocenters. The van der Waals surface area contributed by atoms with Crippen molar-refractivity contribution in [2.45, 2.75) is 12.5 Å². The third kappa shape index (κ3) is 3.34. The van der Waals surface area contributed by atoms with Gasteiger partial charge in [0.25, 0.3) is 10.8 Å². The number of nitro benzene ring substituents is 1. The molecule has 1 aliphatic rings. The van der Waals surface area contributed by atoms with E-state index in [1.165, 1.54) is 12.1 Å². The molecule has 9 nitrogen and oxygen atoms in total. The van der Waals surface area contributed by atoms with Crippen molar-refractivity contribution in [1.82, 2.24) is 0 Å². The highest BCUT2D eigenvalue weighted by atomic mass is 32.2. The molecule has 1 aromatic rings. The summed E-state index contributed by atoms with van der Waals surface area (Å²) in [4.78, 5) is 32.6. The van der Waals surface area contributed by atoms with E-state index in [0.717, 1.165) is 12.1 Å². The number of nitro groups is 1. The highest BCUT2D eigenvalue weighted by molar-refractivity contribution is 8.06. The summed E-state index contributed by atoms with van der Waals surface area (Å²) in [5, 5.41) is 9.29. The van der Waals surface area contributed by atoms with Crippen molar-refractivity contribution in [2.24, 2.45) is 0 Å². The lowest BCUT2D eigenvalue weighted by Crippen LogP contribution is -2.26. The summed E-state index contributed by atoms with van der Waals surface area (Å²) >= 11 is 0. The second-order valence-electron chi connectivity index (χ2n) is 4.14. The van der Waals surface area contributed by atoms with E-state index in [2.05, 4.69) is 4.74 Å². The average molecular weight is 315 g/mol. The summed E-state index contributed by atoms with van der Waals surface area (Å²) in [6.07, 6.45) is -2.74. The molecule has 0 radical (unpaired) electrons. The summed E-state index contributed by atoms with van der Waals surface area (Å²) < 4.78 is 31.6. The Morgan fingerprint density at radius 2 is 1.90 bits per heavy atom. The zero-order valence-electron chi connectivity index (χ0n) is 10.4. The fraction of sp³-hybridized carbons (Fsp3) is 0.273. The van der Waals surface area contributed by atoms with Crippen LogP contribution in [-0.4, -0.2) is 36.5 Å². The predicted molar refractivity (Wildman–Crippen MR) is 67.4 cm³/mol. The fourth-order valence-electron chi connectivity index (χ4n) is 1.66. The van der Waals surface area contributed by atoms with Crippen LogP contribution in [0.2, 0.25) is 0 Å². The summed E-state index contributed by atoms with van der Waals surface area (Å²) in [6, 6.07) is 4.58. The lowest BCUT2D eigenvalue weighted by Gasteiger charge is -2.09. The molecule has 1 aliphatic heterocycles. The van der Waals surface area contributed by atoms with Gasteiger partial charge in [0.15, 0.2) is 6.10 Å². The van der Waals surface area contributed by atoms with Crippen molar-refractivity contribution < 1.29 is 32.4 Å². The monoisotopic (exact) mass is 315 g/mol. The first-order chi connectivity index (χ1) is 9.79. The molecule has 0 aromatic heterocycles. The Balaban J connectivity index is 1.96. The first kappa shape index (κ1) is 14.9. The molecule has 1 fully saturated rings. The molecule has 1 saturated heterocycles. The van der Waals surface area contributed by atoms with Crippen LogP contribution in [0.3, 0.4) is 0 Å². The zero-order valence-corrected chi connectivity index (χ0v) is 11.2. The van der Waals surface area contributed by atoms with Gasteiger partial charge >= 0.3 is 6.16 Å². The lowest BCUT2D eigenvalue weighted by molar-refractivity contribution is -0.384. The molecule has 0 amide bonds. The van der Waals surface area contributed by atoms with E-state index in [9.17, 15) is 28.1 Å². The molecule has 1 heterocycles. The van der Waals surface area contributed by atoms with Gasteiger partial charge in [0, 0.05) is 18.6 Å². The smallest absolute Gasteiger partial charge is 0.421 e. The minimum atomic E-state index is -3.85. The Morgan fingerprint density at radius 3 is 2.38 bits per heavy atom. The van der Waals surface area contributed by atoms with Gasteiger partial charge in [-0.25, -0.2) is 13.2 Å². The van der Waals surface area contributed by atoms with Crippen LogP contribution in [-0.2, 0) is 19.4 Å². The normalized spacial score (nSPS) is 20.0. The summed E-state index contributed by atoms with van der Waals surface area (Å²) in [7, 11) is -3.85. The Morgan fingerprint density at radius 1 is 1.29 bits per heavy atom. The third-order valence-electron chi connectivity index (χ3n) is 2.71. The highest BCUT2D eigenvalue weighted by Crippen LogP contribution is 2.20. The van der Waals surface area contributed by atoms with E-state index >= 15 is 0 Å². The number of carbonyl (C=O) groups excluding carboxylic acids is 2. The number of non-ortho nitro benzene ring substituents is 1. The number of nitrogens with zero attached hydrogens (tertiary/aromatic N) is 1. The summed E-state index contributed by atoms with van der Waals surface area (Å²) in [6.45, 7) is 0. The Labute approximate surface area is 118 Å². The molecular formula is C11H9NO8S. The molecule has 0 bridgehead atoms. The topological polar surface area (TPSA) is 130 Å². The molecule has 21 heavy (non-hydrogen) atoms. The van der Waals surface area contributed by atoms with Crippen LogP contribution in [0.25, 0.3) is 0 Å². The second kappa shape index (κ2) is 5.48. The van der Waals surface area contributed by atoms with Gasteiger partial charge in [0.1, 0.15) is 5.75 Å². The van der Waals surface area contributed by atoms with Gasteiger partial charge in [-0.05, 0) is 12.1 Å². The van der Waals surface area contributed by atoms with E-state index in [1.807, 2.05) is 0 Å². The van der Waals surface area contributed by atoms with Gasteiger partial charge in [-0.3, -0.25) is 14.9 Å². The highest BCUT2D eigenvalue weighted by Gasteiger charge is 2.41. The van der Waals surface area contributed by atoms with Crippen molar-refractivity contribution >= 4 is 26.8 Å². The maximum atomic E-state index is 11.4. The Hall–Kier alpha value is -2.49. The number of rotatable bonds is 3. The number of ether oxygens (including phenoxy) is 2. The third-order valence-corrected chi connectivity index (χ3v) is 4.35. The molecule has 2 rings (SSSR count). The molecule has 0 aliphatic carbocycles. The Bertz CT molecular complexity index is 693. The fourth-order valence-corrected chi connectivity index (χ4v) is 2.95. The van der Waals surface area contributed by atoms with Crippen molar-refractivity contribution in [3.63, 3.8) is 0 Å². The molecule has 0 N–H and O–H groups in total. The number of hydrogen-bond acceptors (Lipinski definition) is 8. The number of benzene rings is 1. The minimum absolute atomic E-state index is 0.0288. The van der Waals surface area contributed by atoms with Crippen LogP contribution in [0.4, 0.5) is 10.5 Å². The molecule has 0 saturated carbocycles. The lowest BCUT2D eigenvalue weighted by atomic mass is 10.3. The quantitative estimate of drug-likeness (QED) is 0.347. The van der Waals surface area contributed by atoms with Crippen LogP contribution in [0, 0.1) is 10.1 Å². The van der Waals surface area contributed by atoms with Gasteiger partial charge in [-0.15, -0.1) is 0 Å². The van der Waals surface area contributed by atoms with E-state index in [1.54, 1.807) is 0 Å².